The number of nitrogens with one attached hydrogen (secondary N) is 2. The fourth-order valence-electron chi connectivity index (χ4n) is 2.66. The SMILES string of the molecule is CC1CN=C(NCc2ccc(COC3CCOCC3)cc2)N1.I. The van der Waals surface area contributed by atoms with Crippen LogP contribution in [0, 0.1) is 0 Å². The summed E-state index contributed by atoms with van der Waals surface area (Å²) in [6.07, 6.45) is 2.37. The molecule has 6 heteroatoms. The van der Waals surface area contributed by atoms with Crippen molar-refractivity contribution < 1.29 is 9.47 Å². The average molecular weight is 431 g/mol. The predicted octanol–water partition coefficient (Wildman–Crippen LogP) is 2.44. The van der Waals surface area contributed by atoms with Crippen molar-refractivity contribution in [2.75, 3.05) is 19.8 Å². The van der Waals surface area contributed by atoms with Gasteiger partial charge in [0.05, 0.1) is 19.3 Å². The molecule has 5 nitrogen and oxygen atoms in total. The third kappa shape index (κ3) is 5.93. The largest absolute Gasteiger partial charge is 0.381 e. The van der Waals surface area contributed by atoms with Crippen LogP contribution in [-0.2, 0) is 22.6 Å². The van der Waals surface area contributed by atoms with Gasteiger partial charge >= 0.3 is 0 Å². The summed E-state index contributed by atoms with van der Waals surface area (Å²) in [5.74, 6) is 0.902. The van der Waals surface area contributed by atoms with E-state index in [2.05, 4.69) is 46.8 Å². The van der Waals surface area contributed by atoms with E-state index >= 15 is 0 Å². The molecule has 1 atom stereocenters. The summed E-state index contributed by atoms with van der Waals surface area (Å²) in [5.41, 5.74) is 2.47. The highest BCUT2D eigenvalue weighted by molar-refractivity contribution is 14.0. The molecule has 0 aliphatic carbocycles. The van der Waals surface area contributed by atoms with E-state index in [9.17, 15) is 0 Å². The van der Waals surface area contributed by atoms with Crippen LogP contribution in [0.1, 0.15) is 30.9 Å². The second-order valence-electron chi connectivity index (χ2n) is 6.03. The lowest BCUT2D eigenvalue weighted by Gasteiger charge is -2.22. The monoisotopic (exact) mass is 431 g/mol. The Bertz CT molecular complexity index is 501. The number of hydrogen-bond donors (Lipinski definition) is 2. The Morgan fingerprint density at radius 1 is 1.22 bits per heavy atom. The van der Waals surface area contributed by atoms with Crippen molar-refractivity contribution in [3.05, 3.63) is 35.4 Å². The van der Waals surface area contributed by atoms with Gasteiger partial charge in [0.2, 0.25) is 0 Å². The molecule has 1 aromatic carbocycles. The number of ether oxygens (including phenoxy) is 2. The van der Waals surface area contributed by atoms with Crippen molar-refractivity contribution in [3.8, 4) is 0 Å². The minimum Gasteiger partial charge on any atom is -0.381 e. The molecule has 1 unspecified atom stereocenters. The lowest BCUT2D eigenvalue weighted by molar-refractivity contribution is -0.0390. The molecule has 1 aromatic rings. The van der Waals surface area contributed by atoms with Gasteiger partial charge in [-0.25, -0.2) is 0 Å². The maximum absolute atomic E-state index is 5.94. The molecule has 2 aliphatic heterocycles. The third-order valence-corrected chi connectivity index (χ3v) is 4.04. The summed E-state index contributed by atoms with van der Waals surface area (Å²) in [5, 5.41) is 6.63. The number of rotatable bonds is 5. The van der Waals surface area contributed by atoms with Gasteiger partial charge in [0.15, 0.2) is 5.96 Å². The molecule has 0 aromatic heterocycles. The van der Waals surface area contributed by atoms with E-state index < -0.39 is 0 Å². The van der Waals surface area contributed by atoms with Gasteiger partial charge in [-0.05, 0) is 30.9 Å². The van der Waals surface area contributed by atoms with Crippen molar-refractivity contribution in [2.24, 2.45) is 4.99 Å². The van der Waals surface area contributed by atoms with Gasteiger partial charge in [0, 0.05) is 25.8 Å². The average Bonchev–Trinajstić information content (AvgIpc) is 2.98. The summed E-state index contributed by atoms with van der Waals surface area (Å²) in [4.78, 5) is 4.39. The first kappa shape index (κ1) is 18.5. The number of halogens is 1. The maximum Gasteiger partial charge on any atom is 0.191 e. The van der Waals surface area contributed by atoms with Crippen LogP contribution in [-0.4, -0.2) is 37.9 Å². The molecule has 128 valence electrons. The third-order valence-electron chi connectivity index (χ3n) is 4.04. The summed E-state index contributed by atoms with van der Waals surface area (Å²) < 4.78 is 11.3. The molecule has 2 N–H and O–H groups in total. The van der Waals surface area contributed by atoms with Crippen molar-refractivity contribution in [1.29, 1.82) is 0 Å². The zero-order chi connectivity index (χ0) is 15.2. The van der Waals surface area contributed by atoms with Crippen LogP contribution in [0.3, 0.4) is 0 Å². The van der Waals surface area contributed by atoms with Gasteiger partial charge in [-0.3, -0.25) is 4.99 Å². The molecule has 0 amide bonds. The Hall–Kier alpha value is -0.860. The van der Waals surface area contributed by atoms with Gasteiger partial charge in [-0.2, -0.15) is 0 Å². The number of benzene rings is 1. The summed E-state index contributed by atoms with van der Waals surface area (Å²) >= 11 is 0. The van der Waals surface area contributed by atoms with Crippen LogP contribution in [0.2, 0.25) is 0 Å². The zero-order valence-electron chi connectivity index (χ0n) is 13.6. The van der Waals surface area contributed by atoms with Gasteiger partial charge < -0.3 is 20.1 Å². The predicted molar refractivity (Wildman–Crippen MR) is 102 cm³/mol. The first-order valence-corrected chi connectivity index (χ1v) is 8.11. The van der Waals surface area contributed by atoms with E-state index in [1.807, 2.05) is 0 Å². The Balaban J connectivity index is 0.00000192. The Morgan fingerprint density at radius 2 is 1.91 bits per heavy atom. The summed E-state index contributed by atoms with van der Waals surface area (Å²) in [7, 11) is 0. The molecule has 1 saturated heterocycles. The summed E-state index contributed by atoms with van der Waals surface area (Å²) in [6, 6.07) is 9.02. The van der Waals surface area contributed by atoms with Crippen LogP contribution in [0.5, 0.6) is 0 Å². The van der Waals surface area contributed by atoms with Crippen LogP contribution in [0.15, 0.2) is 29.3 Å². The fraction of sp³-hybridized carbons (Fsp3) is 0.588. The second-order valence-corrected chi connectivity index (χ2v) is 6.03. The molecular formula is C17H26IN3O2. The highest BCUT2D eigenvalue weighted by Gasteiger charge is 2.14. The smallest absolute Gasteiger partial charge is 0.191 e. The molecule has 3 rings (SSSR count). The molecular weight excluding hydrogens is 405 g/mol. The normalized spacial score (nSPS) is 21.3. The second kappa shape index (κ2) is 9.44. The van der Waals surface area contributed by atoms with E-state index in [1.165, 1.54) is 11.1 Å². The number of hydrogen-bond acceptors (Lipinski definition) is 5. The molecule has 2 aliphatic rings. The van der Waals surface area contributed by atoms with Gasteiger partial charge in [0.1, 0.15) is 0 Å². The van der Waals surface area contributed by atoms with E-state index in [-0.39, 0.29) is 24.0 Å². The topological polar surface area (TPSA) is 54.9 Å². The van der Waals surface area contributed by atoms with Gasteiger partial charge in [-0.1, -0.05) is 24.3 Å². The van der Waals surface area contributed by atoms with Gasteiger partial charge in [-0.15, -0.1) is 24.0 Å². The van der Waals surface area contributed by atoms with Crippen LogP contribution < -0.4 is 10.6 Å². The van der Waals surface area contributed by atoms with Gasteiger partial charge in [0.25, 0.3) is 0 Å². The summed E-state index contributed by atoms with van der Waals surface area (Å²) in [6.45, 7) is 6.11. The number of nitrogens with zero attached hydrogens (tertiary/aromatic N) is 1. The lowest BCUT2D eigenvalue weighted by atomic mass is 10.1. The Morgan fingerprint density at radius 3 is 2.57 bits per heavy atom. The van der Waals surface area contributed by atoms with Crippen molar-refractivity contribution in [2.45, 2.75) is 45.1 Å². The van der Waals surface area contributed by atoms with E-state index in [1.54, 1.807) is 0 Å². The minimum absolute atomic E-state index is 0. The standard InChI is InChI=1S/C17H25N3O2.HI/c1-13-10-18-17(20-13)19-11-14-2-4-15(5-3-14)12-22-16-6-8-21-9-7-16;/h2-5,13,16H,6-12H2,1H3,(H2,18,19,20);1H. The molecule has 0 bridgehead atoms. The van der Waals surface area contributed by atoms with Crippen molar-refractivity contribution in [1.82, 2.24) is 10.6 Å². The van der Waals surface area contributed by atoms with Crippen LogP contribution >= 0.6 is 24.0 Å². The minimum atomic E-state index is 0. The molecule has 0 saturated carbocycles. The molecule has 1 fully saturated rings. The Labute approximate surface area is 155 Å². The quantitative estimate of drug-likeness (QED) is 0.704. The van der Waals surface area contributed by atoms with E-state index in [4.69, 9.17) is 9.47 Å². The fourth-order valence-corrected chi connectivity index (χ4v) is 2.66. The first-order valence-electron chi connectivity index (χ1n) is 8.11. The molecule has 0 spiro atoms. The lowest BCUT2D eigenvalue weighted by Crippen LogP contribution is -2.37. The molecule has 2 heterocycles. The van der Waals surface area contributed by atoms with Crippen molar-refractivity contribution >= 4 is 29.9 Å². The van der Waals surface area contributed by atoms with E-state index in [0.29, 0.717) is 18.8 Å². The maximum atomic E-state index is 5.94. The number of aliphatic imine (C=N–C) groups is 1. The zero-order valence-corrected chi connectivity index (χ0v) is 15.9. The molecule has 0 radical (unpaired) electrons. The molecule has 23 heavy (non-hydrogen) atoms. The highest BCUT2D eigenvalue weighted by atomic mass is 127. The first-order chi connectivity index (χ1) is 10.8. The van der Waals surface area contributed by atoms with Crippen molar-refractivity contribution in [3.63, 3.8) is 0 Å². The van der Waals surface area contributed by atoms with Crippen LogP contribution in [0.25, 0.3) is 0 Å². The van der Waals surface area contributed by atoms with Crippen LogP contribution in [0.4, 0.5) is 0 Å². The highest BCUT2D eigenvalue weighted by Crippen LogP contribution is 2.14. The Kier molecular flexibility index (Phi) is 7.58. The number of guanidine groups is 1. The van der Waals surface area contributed by atoms with E-state index in [0.717, 1.165) is 45.1 Å².